The number of nitrogens with zero attached hydrogens (tertiary/aromatic N) is 3. The Hall–Kier alpha value is -4.91. The van der Waals surface area contributed by atoms with Gasteiger partial charge in [-0.3, -0.25) is 4.79 Å². The molecular formula is C33H34N6O. The summed E-state index contributed by atoms with van der Waals surface area (Å²) < 4.78 is 1.95. The first-order chi connectivity index (χ1) is 19.1. The normalized spacial score (nSPS) is 11.3. The Kier molecular flexibility index (Phi) is 7.13. The zero-order chi connectivity index (χ0) is 28.4. The number of carbonyl (C=O) groups is 1. The van der Waals surface area contributed by atoms with Crippen LogP contribution in [0.25, 0.3) is 22.6 Å². The largest absolute Gasteiger partial charge is 0.388 e. The van der Waals surface area contributed by atoms with Gasteiger partial charge in [-0.05, 0) is 59.4 Å². The van der Waals surface area contributed by atoms with Gasteiger partial charge in [-0.2, -0.15) is 0 Å². The summed E-state index contributed by atoms with van der Waals surface area (Å²) in [7, 11) is 1.85. The Morgan fingerprint density at radius 3 is 2.33 bits per heavy atom. The van der Waals surface area contributed by atoms with E-state index in [0.29, 0.717) is 17.0 Å². The average Bonchev–Trinajstić information content (AvgIpc) is 3.43. The predicted octanol–water partition coefficient (Wildman–Crippen LogP) is 7.19. The number of anilines is 3. The molecule has 5 rings (SSSR count). The molecule has 0 unspecified atom stereocenters. The van der Waals surface area contributed by atoms with Crippen LogP contribution in [0.5, 0.6) is 0 Å². The topological polar surface area (TPSA) is 83.4 Å². The van der Waals surface area contributed by atoms with E-state index in [-0.39, 0.29) is 11.3 Å². The third-order valence-corrected chi connectivity index (χ3v) is 7.04. The van der Waals surface area contributed by atoms with Crippen molar-refractivity contribution in [1.82, 2.24) is 19.7 Å². The second-order valence-electron chi connectivity index (χ2n) is 10.8. The lowest BCUT2D eigenvalue weighted by Crippen LogP contribution is -2.15. The Morgan fingerprint density at radius 2 is 1.65 bits per heavy atom. The van der Waals surface area contributed by atoms with Crippen molar-refractivity contribution in [1.29, 1.82) is 0 Å². The molecule has 0 bridgehead atoms. The number of carbonyl (C=O) groups excluding carboxylic acids is 1. The predicted molar refractivity (Wildman–Crippen MR) is 164 cm³/mol. The molecule has 7 heteroatoms. The van der Waals surface area contributed by atoms with Crippen LogP contribution in [0.4, 0.5) is 17.2 Å². The number of benzene rings is 3. The van der Waals surface area contributed by atoms with Gasteiger partial charge in [-0.25, -0.2) is 9.97 Å². The van der Waals surface area contributed by atoms with Crippen LogP contribution in [0.15, 0.2) is 91.9 Å². The van der Waals surface area contributed by atoms with Crippen LogP contribution >= 0.6 is 0 Å². The van der Waals surface area contributed by atoms with Gasteiger partial charge in [-0.1, -0.05) is 63.7 Å². The van der Waals surface area contributed by atoms with Gasteiger partial charge >= 0.3 is 0 Å². The van der Waals surface area contributed by atoms with Crippen LogP contribution in [0.3, 0.4) is 0 Å². The minimum absolute atomic E-state index is 0.0298. The number of imidazole rings is 1. The van der Waals surface area contributed by atoms with Crippen molar-refractivity contribution in [3.63, 3.8) is 0 Å². The molecule has 0 radical (unpaired) electrons. The molecule has 0 aliphatic heterocycles. The summed E-state index contributed by atoms with van der Waals surface area (Å²) in [5.74, 6) is 0.487. The lowest BCUT2D eigenvalue weighted by molar-refractivity contribution is 0.102. The maximum Gasteiger partial charge on any atom is 0.255 e. The van der Waals surface area contributed by atoms with Crippen LogP contribution in [-0.4, -0.2) is 27.3 Å². The van der Waals surface area contributed by atoms with E-state index in [1.165, 1.54) is 5.56 Å². The summed E-state index contributed by atoms with van der Waals surface area (Å²) in [6, 6.07) is 21.6. The summed E-state index contributed by atoms with van der Waals surface area (Å²) in [6.07, 6.45) is 5.60. The van der Waals surface area contributed by atoms with Crippen LogP contribution in [0.1, 0.15) is 47.8 Å². The van der Waals surface area contributed by atoms with Crippen molar-refractivity contribution in [3.8, 4) is 11.3 Å². The molecular weight excluding hydrogens is 496 g/mol. The highest BCUT2D eigenvalue weighted by molar-refractivity contribution is 6.05. The number of fused-ring (bicyclic) bond motifs is 1. The summed E-state index contributed by atoms with van der Waals surface area (Å²) in [5, 5.41) is 9.57. The van der Waals surface area contributed by atoms with E-state index in [9.17, 15) is 4.79 Å². The van der Waals surface area contributed by atoms with E-state index in [2.05, 4.69) is 48.3 Å². The van der Waals surface area contributed by atoms with Gasteiger partial charge < -0.3 is 20.4 Å². The van der Waals surface area contributed by atoms with E-state index in [1.807, 2.05) is 97.5 Å². The molecule has 1 amide bonds. The fourth-order valence-electron chi connectivity index (χ4n) is 4.55. The minimum atomic E-state index is -0.148. The van der Waals surface area contributed by atoms with E-state index in [4.69, 9.17) is 4.98 Å². The Labute approximate surface area is 235 Å². The summed E-state index contributed by atoms with van der Waals surface area (Å²) in [4.78, 5) is 22.5. The number of amides is 1. The second-order valence-corrected chi connectivity index (χ2v) is 10.8. The molecule has 40 heavy (non-hydrogen) atoms. The molecule has 0 fully saturated rings. The highest BCUT2D eigenvalue weighted by Crippen LogP contribution is 2.31. The van der Waals surface area contributed by atoms with Crippen LogP contribution in [0.2, 0.25) is 0 Å². The fraction of sp³-hybridized carbons (Fsp3) is 0.182. The highest BCUT2D eigenvalue weighted by Gasteiger charge is 2.17. The van der Waals surface area contributed by atoms with E-state index >= 15 is 0 Å². The molecule has 3 N–H and O–H groups in total. The van der Waals surface area contributed by atoms with Gasteiger partial charge in [0.05, 0.1) is 5.69 Å². The van der Waals surface area contributed by atoms with Crippen molar-refractivity contribution in [2.45, 2.75) is 33.1 Å². The van der Waals surface area contributed by atoms with Crippen molar-refractivity contribution in [2.75, 3.05) is 17.7 Å². The van der Waals surface area contributed by atoms with Crippen molar-refractivity contribution in [3.05, 3.63) is 114 Å². The zero-order valence-electron chi connectivity index (χ0n) is 23.5. The quantitative estimate of drug-likeness (QED) is 0.207. The summed E-state index contributed by atoms with van der Waals surface area (Å²) in [6.45, 7) is 12.5. The summed E-state index contributed by atoms with van der Waals surface area (Å²) >= 11 is 0. The number of hydrogen-bond donors (Lipinski definition) is 3. The lowest BCUT2D eigenvalue weighted by atomic mass is 9.86. The molecule has 7 nitrogen and oxygen atoms in total. The molecule has 5 aromatic rings. The van der Waals surface area contributed by atoms with Crippen molar-refractivity contribution < 1.29 is 4.79 Å². The number of rotatable bonds is 7. The molecule has 0 saturated heterocycles. The van der Waals surface area contributed by atoms with Crippen LogP contribution in [0, 0.1) is 6.92 Å². The highest BCUT2D eigenvalue weighted by atomic mass is 16.1. The first-order valence-corrected chi connectivity index (χ1v) is 13.2. The van der Waals surface area contributed by atoms with Gasteiger partial charge in [0.2, 0.25) is 0 Å². The molecule has 0 aliphatic carbocycles. The average molecular weight is 531 g/mol. The van der Waals surface area contributed by atoms with E-state index in [1.54, 1.807) is 6.20 Å². The first kappa shape index (κ1) is 26.7. The number of aromatic nitrogens is 3. The lowest BCUT2D eigenvalue weighted by Gasteiger charge is -2.19. The standard InChI is InChI=1S/C33H34N6O/c1-21-27(8-7-9-28(21)38-32(40)24-10-14-25(15-11-24)33(3,4)5)29-20-39-19-18-35-31(39)30(37-29)36-26-16-12-23(13-17-26)22(2)34-6/h7-20,34H,2H2,1,3-6H3,(H,36,37)(H,38,40). The summed E-state index contributed by atoms with van der Waals surface area (Å²) in [5.41, 5.74) is 8.65. The second kappa shape index (κ2) is 10.7. The first-order valence-electron chi connectivity index (χ1n) is 13.2. The van der Waals surface area contributed by atoms with Gasteiger partial charge in [0.1, 0.15) is 0 Å². The van der Waals surface area contributed by atoms with Crippen LogP contribution in [-0.2, 0) is 5.41 Å². The minimum Gasteiger partial charge on any atom is -0.388 e. The monoisotopic (exact) mass is 530 g/mol. The Bertz CT molecular complexity index is 1690. The fourth-order valence-corrected chi connectivity index (χ4v) is 4.55. The maximum atomic E-state index is 13.1. The van der Waals surface area contributed by atoms with E-state index in [0.717, 1.165) is 39.5 Å². The van der Waals surface area contributed by atoms with Crippen LogP contribution < -0.4 is 16.0 Å². The third kappa shape index (κ3) is 5.45. The van der Waals surface area contributed by atoms with Gasteiger partial charge in [0.15, 0.2) is 11.5 Å². The molecule has 3 aromatic carbocycles. The van der Waals surface area contributed by atoms with E-state index < -0.39 is 0 Å². The molecule has 0 saturated carbocycles. The van der Waals surface area contributed by atoms with Gasteiger partial charge in [0.25, 0.3) is 5.91 Å². The van der Waals surface area contributed by atoms with Gasteiger partial charge in [-0.15, -0.1) is 0 Å². The van der Waals surface area contributed by atoms with Crippen molar-refractivity contribution >= 4 is 34.4 Å². The molecule has 202 valence electrons. The number of nitrogens with one attached hydrogen (secondary N) is 3. The molecule has 0 spiro atoms. The van der Waals surface area contributed by atoms with Crippen molar-refractivity contribution in [2.24, 2.45) is 0 Å². The number of hydrogen-bond acceptors (Lipinski definition) is 5. The Balaban J connectivity index is 1.44. The molecule has 0 aliphatic rings. The zero-order valence-corrected chi connectivity index (χ0v) is 23.5. The molecule has 0 atom stereocenters. The molecule has 2 heterocycles. The van der Waals surface area contributed by atoms with Gasteiger partial charge in [0, 0.05) is 53.8 Å². The SMILES string of the molecule is C=C(NC)c1ccc(Nc2nc(-c3cccc(NC(=O)c4ccc(C(C)(C)C)cc4)c3C)cn3ccnc23)cc1. The maximum absolute atomic E-state index is 13.1. The smallest absolute Gasteiger partial charge is 0.255 e. The Morgan fingerprint density at radius 1 is 0.950 bits per heavy atom. The molecule has 2 aromatic heterocycles. The third-order valence-electron chi connectivity index (χ3n) is 7.04.